The summed E-state index contributed by atoms with van der Waals surface area (Å²) in [6.45, 7) is 2.20. The predicted molar refractivity (Wildman–Crippen MR) is 87.8 cm³/mol. The Morgan fingerprint density at radius 1 is 1.13 bits per heavy atom. The molecular formula is C19H20O4. The SMILES string of the molecule is CC(COc1ccc(C=O)cc1)(CC(=O)O)Cc1ccccc1. The largest absolute Gasteiger partial charge is 0.493 e. The lowest BCUT2D eigenvalue weighted by molar-refractivity contribution is -0.140. The number of carbonyl (C=O) groups excluding carboxylic acids is 1. The van der Waals surface area contributed by atoms with E-state index in [-0.39, 0.29) is 13.0 Å². The molecule has 0 spiro atoms. The first-order chi connectivity index (χ1) is 11.0. The van der Waals surface area contributed by atoms with Crippen LogP contribution in [0.5, 0.6) is 5.75 Å². The molecule has 4 nitrogen and oxygen atoms in total. The zero-order chi connectivity index (χ0) is 16.7. The van der Waals surface area contributed by atoms with E-state index in [9.17, 15) is 14.7 Å². The van der Waals surface area contributed by atoms with Crippen molar-refractivity contribution in [2.45, 2.75) is 19.8 Å². The van der Waals surface area contributed by atoms with Gasteiger partial charge in [-0.3, -0.25) is 9.59 Å². The maximum Gasteiger partial charge on any atom is 0.304 e. The van der Waals surface area contributed by atoms with Gasteiger partial charge in [0.2, 0.25) is 0 Å². The topological polar surface area (TPSA) is 63.6 Å². The molecule has 2 aromatic rings. The van der Waals surface area contributed by atoms with Crippen molar-refractivity contribution in [2.75, 3.05) is 6.61 Å². The van der Waals surface area contributed by atoms with Crippen LogP contribution in [0.15, 0.2) is 54.6 Å². The maximum atomic E-state index is 11.2. The third-order valence-electron chi connectivity index (χ3n) is 3.66. The summed E-state index contributed by atoms with van der Waals surface area (Å²) in [5.74, 6) is -0.219. The van der Waals surface area contributed by atoms with E-state index in [1.54, 1.807) is 24.3 Å². The molecule has 1 N–H and O–H groups in total. The minimum absolute atomic E-state index is 0.0221. The van der Waals surface area contributed by atoms with E-state index in [1.807, 2.05) is 37.3 Å². The Morgan fingerprint density at radius 3 is 2.35 bits per heavy atom. The Bertz CT molecular complexity index is 649. The summed E-state index contributed by atoms with van der Waals surface area (Å²) in [6.07, 6.45) is 1.41. The van der Waals surface area contributed by atoms with Crippen LogP contribution >= 0.6 is 0 Å². The van der Waals surface area contributed by atoms with Crippen molar-refractivity contribution >= 4 is 12.3 Å². The molecule has 2 aromatic carbocycles. The summed E-state index contributed by atoms with van der Waals surface area (Å²) >= 11 is 0. The molecule has 0 aliphatic heterocycles. The van der Waals surface area contributed by atoms with Gasteiger partial charge in [0.25, 0.3) is 0 Å². The first-order valence-corrected chi connectivity index (χ1v) is 7.44. The zero-order valence-corrected chi connectivity index (χ0v) is 13.1. The van der Waals surface area contributed by atoms with Gasteiger partial charge < -0.3 is 9.84 Å². The predicted octanol–water partition coefficient (Wildman–Crippen LogP) is 3.60. The molecule has 0 radical (unpaired) electrons. The van der Waals surface area contributed by atoms with Crippen molar-refractivity contribution in [1.82, 2.24) is 0 Å². The van der Waals surface area contributed by atoms with Crippen LogP contribution in [0.1, 0.15) is 29.3 Å². The van der Waals surface area contributed by atoms with Gasteiger partial charge in [-0.15, -0.1) is 0 Å². The normalized spacial score (nSPS) is 13.1. The number of hydrogen-bond donors (Lipinski definition) is 1. The molecule has 0 amide bonds. The second-order valence-electron chi connectivity index (χ2n) is 6.02. The second-order valence-corrected chi connectivity index (χ2v) is 6.02. The Hall–Kier alpha value is -2.62. The number of ether oxygens (including phenoxy) is 1. The number of carbonyl (C=O) groups is 2. The van der Waals surface area contributed by atoms with Crippen LogP contribution in [0.2, 0.25) is 0 Å². The van der Waals surface area contributed by atoms with Crippen molar-refractivity contribution in [1.29, 1.82) is 0 Å². The lowest BCUT2D eigenvalue weighted by atomic mass is 9.81. The van der Waals surface area contributed by atoms with E-state index in [1.165, 1.54) is 0 Å². The van der Waals surface area contributed by atoms with E-state index in [4.69, 9.17) is 4.74 Å². The average molecular weight is 312 g/mol. The van der Waals surface area contributed by atoms with Crippen molar-refractivity contribution in [3.8, 4) is 5.75 Å². The quantitative estimate of drug-likeness (QED) is 0.756. The molecule has 0 fully saturated rings. The molecule has 0 aliphatic rings. The molecule has 0 aliphatic carbocycles. The van der Waals surface area contributed by atoms with Crippen molar-refractivity contribution in [3.63, 3.8) is 0 Å². The highest BCUT2D eigenvalue weighted by Crippen LogP contribution is 2.28. The molecule has 1 unspecified atom stereocenters. The summed E-state index contributed by atoms with van der Waals surface area (Å²) in [6, 6.07) is 16.6. The molecule has 0 bridgehead atoms. The first kappa shape index (κ1) is 16.7. The number of hydrogen-bond acceptors (Lipinski definition) is 3. The average Bonchev–Trinajstić information content (AvgIpc) is 2.53. The number of aliphatic carboxylic acids is 1. The smallest absolute Gasteiger partial charge is 0.304 e. The highest BCUT2D eigenvalue weighted by molar-refractivity contribution is 5.74. The van der Waals surface area contributed by atoms with Crippen LogP contribution < -0.4 is 4.74 Å². The lowest BCUT2D eigenvalue weighted by Crippen LogP contribution is -2.30. The van der Waals surface area contributed by atoms with Gasteiger partial charge in [-0.1, -0.05) is 37.3 Å². The summed E-state index contributed by atoms with van der Waals surface area (Å²) in [5, 5.41) is 9.20. The number of rotatable bonds is 8. The third kappa shape index (κ3) is 5.25. The summed E-state index contributed by atoms with van der Waals surface area (Å²) in [5.41, 5.74) is 1.14. The van der Waals surface area contributed by atoms with Gasteiger partial charge in [0.05, 0.1) is 13.0 Å². The molecule has 120 valence electrons. The van der Waals surface area contributed by atoms with Crippen LogP contribution in [-0.2, 0) is 11.2 Å². The highest BCUT2D eigenvalue weighted by atomic mass is 16.5. The third-order valence-corrected chi connectivity index (χ3v) is 3.66. The van der Waals surface area contributed by atoms with Crippen LogP contribution in [-0.4, -0.2) is 24.0 Å². The molecule has 0 heterocycles. The summed E-state index contributed by atoms with van der Waals surface area (Å²) in [7, 11) is 0. The Labute approximate surface area is 135 Å². The van der Waals surface area contributed by atoms with Crippen molar-refractivity contribution in [3.05, 3.63) is 65.7 Å². The van der Waals surface area contributed by atoms with Crippen molar-refractivity contribution < 1.29 is 19.4 Å². The van der Waals surface area contributed by atoms with Crippen molar-refractivity contribution in [2.24, 2.45) is 5.41 Å². The van der Waals surface area contributed by atoms with Gasteiger partial charge in [-0.25, -0.2) is 0 Å². The van der Waals surface area contributed by atoms with Gasteiger partial charge in [-0.2, -0.15) is 0 Å². The lowest BCUT2D eigenvalue weighted by Gasteiger charge is -2.28. The molecule has 4 heteroatoms. The minimum Gasteiger partial charge on any atom is -0.493 e. The van der Waals surface area contributed by atoms with Gasteiger partial charge in [0.1, 0.15) is 12.0 Å². The number of benzene rings is 2. The molecule has 2 rings (SSSR count). The molecule has 0 aromatic heterocycles. The molecule has 0 saturated heterocycles. The van der Waals surface area contributed by atoms with Gasteiger partial charge in [0.15, 0.2) is 0 Å². The summed E-state index contributed by atoms with van der Waals surface area (Å²) < 4.78 is 5.76. The summed E-state index contributed by atoms with van der Waals surface area (Å²) in [4.78, 5) is 21.9. The van der Waals surface area contributed by atoms with Crippen LogP contribution in [0.3, 0.4) is 0 Å². The standard InChI is InChI=1S/C19H20O4/c1-19(12-18(21)22,11-15-5-3-2-4-6-15)14-23-17-9-7-16(13-20)8-10-17/h2-10,13H,11-12,14H2,1H3,(H,21,22). The number of carboxylic acid groups (broad SMARTS) is 1. The van der Waals surface area contributed by atoms with E-state index >= 15 is 0 Å². The van der Waals surface area contributed by atoms with E-state index in [0.717, 1.165) is 11.8 Å². The molecular weight excluding hydrogens is 292 g/mol. The van der Waals surface area contributed by atoms with Crippen LogP contribution in [0.25, 0.3) is 0 Å². The Kier molecular flexibility index (Phi) is 5.52. The molecule has 0 saturated carbocycles. The Morgan fingerprint density at radius 2 is 1.78 bits per heavy atom. The van der Waals surface area contributed by atoms with Crippen LogP contribution in [0, 0.1) is 5.41 Å². The fraction of sp³-hybridized carbons (Fsp3) is 0.263. The fourth-order valence-corrected chi connectivity index (χ4v) is 2.52. The number of carboxylic acids is 1. The van der Waals surface area contributed by atoms with E-state index in [0.29, 0.717) is 17.7 Å². The monoisotopic (exact) mass is 312 g/mol. The second kappa shape index (κ2) is 7.58. The highest BCUT2D eigenvalue weighted by Gasteiger charge is 2.29. The van der Waals surface area contributed by atoms with E-state index < -0.39 is 11.4 Å². The Balaban J connectivity index is 2.07. The zero-order valence-electron chi connectivity index (χ0n) is 13.1. The van der Waals surface area contributed by atoms with Gasteiger partial charge in [0, 0.05) is 11.0 Å². The number of aldehydes is 1. The van der Waals surface area contributed by atoms with E-state index in [2.05, 4.69) is 0 Å². The molecule has 23 heavy (non-hydrogen) atoms. The van der Waals surface area contributed by atoms with Gasteiger partial charge >= 0.3 is 5.97 Å². The van der Waals surface area contributed by atoms with Crippen LogP contribution in [0.4, 0.5) is 0 Å². The minimum atomic E-state index is -0.844. The maximum absolute atomic E-state index is 11.2. The van der Waals surface area contributed by atoms with Gasteiger partial charge in [-0.05, 0) is 36.2 Å². The molecule has 1 atom stereocenters. The fourth-order valence-electron chi connectivity index (χ4n) is 2.52. The first-order valence-electron chi connectivity index (χ1n) is 7.44.